The van der Waals surface area contributed by atoms with E-state index in [1.807, 2.05) is 19.9 Å². The molecule has 0 saturated carbocycles. The fourth-order valence-electron chi connectivity index (χ4n) is 4.12. The van der Waals surface area contributed by atoms with Crippen molar-refractivity contribution in [1.29, 1.82) is 0 Å². The number of rotatable bonds is 6. The number of fused-ring (bicyclic) bond motifs is 1. The Labute approximate surface area is 196 Å². The van der Waals surface area contributed by atoms with Crippen LogP contribution in [0.2, 0.25) is 0 Å². The van der Waals surface area contributed by atoms with Crippen molar-refractivity contribution in [3.63, 3.8) is 0 Å². The lowest BCUT2D eigenvalue weighted by atomic mass is 9.98. The predicted molar refractivity (Wildman–Crippen MR) is 130 cm³/mol. The van der Waals surface area contributed by atoms with E-state index >= 15 is 0 Å². The van der Waals surface area contributed by atoms with Gasteiger partial charge in [-0.3, -0.25) is 14.2 Å². The van der Waals surface area contributed by atoms with Crippen LogP contribution < -0.4 is 14.9 Å². The topological polar surface area (TPSA) is 97.7 Å². The molecule has 10 heteroatoms. The van der Waals surface area contributed by atoms with Crippen LogP contribution in [0.4, 0.5) is 5.69 Å². The summed E-state index contributed by atoms with van der Waals surface area (Å²) in [5.74, 6) is -0.100. The number of carbonyl (C=O) groups excluding carboxylic acids is 1. The Morgan fingerprint density at radius 3 is 2.58 bits per heavy atom. The fourth-order valence-corrected chi connectivity index (χ4v) is 6.70. The standard InChI is InChI=1S/C23H27N3O5S2/c1-15(2)26-20-11-6-17(13-21(20)32-23(26)28)24-22(27)16-5-4-12-25(14-16)33(29,30)19-9-7-18(31-3)8-10-19/h6-11,13,15-16H,4-5,12,14H2,1-3H3,(H,24,27)/t16-/m1/s1. The number of amides is 1. The summed E-state index contributed by atoms with van der Waals surface area (Å²) in [4.78, 5) is 25.4. The van der Waals surface area contributed by atoms with Gasteiger partial charge in [-0.1, -0.05) is 11.3 Å². The maximum Gasteiger partial charge on any atom is 0.308 e. The highest BCUT2D eigenvalue weighted by molar-refractivity contribution is 7.89. The van der Waals surface area contributed by atoms with Crippen LogP contribution in [0.15, 0.2) is 52.2 Å². The molecule has 2 heterocycles. The number of benzene rings is 2. The first kappa shape index (κ1) is 23.5. The Bertz CT molecular complexity index is 1330. The van der Waals surface area contributed by atoms with Crippen LogP contribution in [-0.2, 0) is 14.8 Å². The number of nitrogens with zero attached hydrogens (tertiary/aromatic N) is 2. The zero-order valence-electron chi connectivity index (χ0n) is 18.8. The number of anilines is 1. The van der Waals surface area contributed by atoms with Crippen LogP contribution in [0.3, 0.4) is 0 Å². The smallest absolute Gasteiger partial charge is 0.308 e. The molecule has 4 rings (SSSR count). The van der Waals surface area contributed by atoms with Crippen molar-refractivity contribution in [2.45, 2.75) is 37.6 Å². The first-order valence-corrected chi connectivity index (χ1v) is 13.1. The van der Waals surface area contributed by atoms with Gasteiger partial charge in [0.15, 0.2) is 0 Å². The van der Waals surface area contributed by atoms with Crippen LogP contribution in [0.1, 0.15) is 32.7 Å². The van der Waals surface area contributed by atoms with Crippen LogP contribution in [0.25, 0.3) is 10.2 Å². The molecule has 1 saturated heterocycles. The minimum Gasteiger partial charge on any atom is -0.497 e. The van der Waals surface area contributed by atoms with Gasteiger partial charge in [-0.2, -0.15) is 4.31 Å². The lowest BCUT2D eigenvalue weighted by Gasteiger charge is -2.31. The van der Waals surface area contributed by atoms with Gasteiger partial charge in [0, 0.05) is 24.8 Å². The minimum absolute atomic E-state index is 0.0323. The number of carbonyl (C=O) groups is 1. The maximum absolute atomic E-state index is 13.1. The number of thiazole rings is 1. The van der Waals surface area contributed by atoms with Gasteiger partial charge < -0.3 is 10.1 Å². The Morgan fingerprint density at radius 2 is 1.91 bits per heavy atom. The molecule has 2 aromatic carbocycles. The summed E-state index contributed by atoms with van der Waals surface area (Å²) in [6.07, 6.45) is 1.21. The second kappa shape index (κ2) is 9.28. The van der Waals surface area contributed by atoms with E-state index in [0.29, 0.717) is 30.8 Å². The summed E-state index contributed by atoms with van der Waals surface area (Å²) in [6, 6.07) is 11.7. The summed E-state index contributed by atoms with van der Waals surface area (Å²) in [5.41, 5.74) is 1.44. The molecule has 0 bridgehead atoms. The number of aromatic nitrogens is 1. The summed E-state index contributed by atoms with van der Waals surface area (Å²) in [6.45, 7) is 4.41. The SMILES string of the molecule is COc1ccc(S(=O)(=O)N2CCC[C@@H](C(=O)Nc3ccc4c(c3)sc(=O)n4C(C)C)C2)cc1. The first-order valence-electron chi connectivity index (χ1n) is 10.8. The Hall–Kier alpha value is -2.69. The van der Waals surface area contributed by atoms with E-state index in [-0.39, 0.29) is 28.3 Å². The summed E-state index contributed by atoms with van der Waals surface area (Å²) < 4.78 is 35.2. The van der Waals surface area contributed by atoms with Crippen molar-refractivity contribution in [2.75, 3.05) is 25.5 Å². The van der Waals surface area contributed by atoms with E-state index in [4.69, 9.17) is 4.74 Å². The third-order valence-corrected chi connectivity index (χ3v) is 8.65. The van der Waals surface area contributed by atoms with Gasteiger partial charge in [-0.15, -0.1) is 0 Å². The van der Waals surface area contributed by atoms with Gasteiger partial charge >= 0.3 is 4.87 Å². The molecule has 1 N–H and O–H groups in total. The Morgan fingerprint density at radius 1 is 1.18 bits per heavy atom. The molecule has 33 heavy (non-hydrogen) atoms. The van der Waals surface area contributed by atoms with Gasteiger partial charge in [0.1, 0.15) is 5.75 Å². The van der Waals surface area contributed by atoms with E-state index in [0.717, 1.165) is 21.6 Å². The second-order valence-electron chi connectivity index (χ2n) is 8.38. The normalized spacial score (nSPS) is 17.4. The van der Waals surface area contributed by atoms with Crippen molar-refractivity contribution in [3.05, 3.63) is 52.1 Å². The van der Waals surface area contributed by atoms with E-state index in [1.165, 1.54) is 23.5 Å². The number of piperidine rings is 1. The van der Waals surface area contributed by atoms with Gasteiger partial charge in [-0.05, 0) is 69.2 Å². The molecule has 0 unspecified atom stereocenters. The summed E-state index contributed by atoms with van der Waals surface area (Å²) in [5, 5.41) is 2.91. The maximum atomic E-state index is 13.1. The average Bonchev–Trinajstić information content (AvgIpc) is 3.14. The molecule has 1 aliphatic rings. The fraction of sp³-hybridized carbons (Fsp3) is 0.391. The number of ether oxygens (including phenoxy) is 1. The van der Waals surface area contributed by atoms with E-state index in [9.17, 15) is 18.0 Å². The van der Waals surface area contributed by atoms with Crippen LogP contribution in [0.5, 0.6) is 5.75 Å². The monoisotopic (exact) mass is 489 g/mol. The third-order valence-electron chi connectivity index (χ3n) is 5.85. The van der Waals surface area contributed by atoms with Crippen molar-refractivity contribution in [2.24, 2.45) is 5.92 Å². The molecule has 0 radical (unpaired) electrons. The van der Waals surface area contributed by atoms with E-state index in [1.54, 1.807) is 28.8 Å². The van der Waals surface area contributed by atoms with Crippen LogP contribution >= 0.6 is 11.3 Å². The highest BCUT2D eigenvalue weighted by Crippen LogP contribution is 2.28. The molecular formula is C23H27N3O5S2. The molecule has 176 valence electrons. The number of sulfonamides is 1. The minimum atomic E-state index is -3.70. The van der Waals surface area contributed by atoms with Gasteiger partial charge in [0.05, 0.1) is 28.1 Å². The summed E-state index contributed by atoms with van der Waals surface area (Å²) >= 11 is 1.15. The molecule has 0 aliphatic carbocycles. The van der Waals surface area contributed by atoms with E-state index < -0.39 is 15.9 Å². The summed E-state index contributed by atoms with van der Waals surface area (Å²) in [7, 11) is -2.18. The van der Waals surface area contributed by atoms with Crippen molar-refractivity contribution < 1.29 is 17.9 Å². The lowest BCUT2D eigenvalue weighted by Crippen LogP contribution is -2.43. The van der Waals surface area contributed by atoms with Crippen molar-refractivity contribution in [3.8, 4) is 5.75 Å². The average molecular weight is 490 g/mol. The molecule has 1 aliphatic heterocycles. The first-order chi connectivity index (χ1) is 15.7. The van der Waals surface area contributed by atoms with Gasteiger partial charge in [0.25, 0.3) is 0 Å². The number of nitrogens with one attached hydrogen (secondary N) is 1. The molecule has 8 nitrogen and oxygen atoms in total. The lowest BCUT2D eigenvalue weighted by molar-refractivity contribution is -0.120. The largest absolute Gasteiger partial charge is 0.497 e. The molecular weight excluding hydrogens is 462 g/mol. The molecule has 1 amide bonds. The molecule has 0 spiro atoms. The predicted octanol–water partition coefficient (Wildman–Crippen LogP) is 3.69. The highest BCUT2D eigenvalue weighted by atomic mass is 32.2. The molecule has 1 fully saturated rings. The van der Waals surface area contributed by atoms with E-state index in [2.05, 4.69) is 5.32 Å². The second-order valence-corrected chi connectivity index (χ2v) is 11.3. The molecule has 1 atom stereocenters. The van der Waals surface area contributed by atoms with Crippen molar-refractivity contribution in [1.82, 2.24) is 8.87 Å². The van der Waals surface area contributed by atoms with Crippen molar-refractivity contribution >= 4 is 43.2 Å². The zero-order chi connectivity index (χ0) is 23.8. The number of methoxy groups -OCH3 is 1. The Kier molecular flexibility index (Phi) is 6.60. The number of hydrogen-bond acceptors (Lipinski definition) is 6. The Balaban J connectivity index is 1.49. The third kappa shape index (κ3) is 4.68. The zero-order valence-corrected chi connectivity index (χ0v) is 20.4. The van der Waals surface area contributed by atoms with Crippen LogP contribution in [0, 0.1) is 5.92 Å². The van der Waals surface area contributed by atoms with Crippen LogP contribution in [-0.4, -0.2) is 43.4 Å². The molecule has 3 aromatic rings. The van der Waals surface area contributed by atoms with Gasteiger partial charge in [0.2, 0.25) is 15.9 Å². The van der Waals surface area contributed by atoms with Gasteiger partial charge in [-0.25, -0.2) is 8.42 Å². The highest BCUT2D eigenvalue weighted by Gasteiger charge is 2.33. The quantitative estimate of drug-likeness (QED) is 0.570. The molecule has 1 aromatic heterocycles. The number of hydrogen-bond donors (Lipinski definition) is 1.